The molecule has 0 saturated heterocycles. The number of rotatable bonds is 3. The molecule has 1 amide bonds. The van der Waals surface area contributed by atoms with Crippen LogP contribution in [0.1, 0.15) is 17.0 Å². The average Bonchev–Trinajstić information content (AvgIpc) is 2.74. The molecule has 5 heteroatoms. The highest BCUT2D eigenvalue weighted by Gasteiger charge is 2.12. The minimum atomic E-state index is -0.478. The Balaban J connectivity index is 2.25. The second kappa shape index (κ2) is 6.19. The standard InChI is InChI=1S/C17H17N3O2/c1-11-8-13(12(2)20(11)3)9-14(10-18)17(22)19-15-4-6-16(21)7-5-15/h4-9,21H,1-3H3,(H,19,22)/b14-9-. The molecule has 1 aromatic heterocycles. The smallest absolute Gasteiger partial charge is 0.266 e. The lowest BCUT2D eigenvalue weighted by atomic mass is 10.1. The minimum Gasteiger partial charge on any atom is -0.508 e. The van der Waals surface area contributed by atoms with Crippen LogP contribution in [0.2, 0.25) is 0 Å². The van der Waals surface area contributed by atoms with Crippen molar-refractivity contribution in [2.45, 2.75) is 13.8 Å². The Morgan fingerprint density at radius 1 is 1.32 bits per heavy atom. The van der Waals surface area contributed by atoms with Crippen LogP contribution in [0.15, 0.2) is 35.9 Å². The van der Waals surface area contributed by atoms with Crippen molar-refractivity contribution in [1.29, 1.82) is 5.26 Å². The number of aromatic hydroxyl groups is 1. The summed E-state index contributed by atoms with van der Waals surface area (Å²) in [5, 5.41) is 21.1. The van der Waals surface area contributed by atoms with E-state index in [2.05, 4.69) is 5.32 Å². The zero-order valence-corrected chi connectivity index (χ0v) is 12.7. The van der Waals surface area contributed by atoms with Crippen LogP contribution >= 0.6 is 0 Å². The number of carbonyl (C=O) groups is 1. The molecule has 0 aliphatic rings. The molecular weight excluding hydrogens is 278 g/mol. The van der Waals surface area contributed by atoms with E-state index in [0.29, 0.717) is 5.69 Å². The lowest BCUT2D eigenvalue weighted by Gasteiger charge is -2.04. The zero-order chi connectivity index (χ0) is 16.3. The summed E-state index contributed by atoms with van der Waals surface area (Å²) in [6.07, 6.45) is 1.58. The molecule has 5 nitrogen and oxygen atoms in total. The second-order valence-electron chi connectivity index (χ2n) is 5.06. The third-order valence-electron chi connectivity index (χ3n) is 3.60. The number of aryl methyl sites for hydroxylation is 1. The fourth-order valence-electron chi connectivity index (χ4n) is 2.08. The minimum absolute atomic E-state index is 0.0294. The molecule has 22 heavy (non-hydrogen) atoms. The third kappa shape index (κ3) is 3.18. The fraction of sp³-hybridized carbons (Fsp3) is 0.176. The molecule has 0 radical (unpaired) electrons. The SMILES string of the molecule is Cc1cc(/C=C(/C#N)C(=O)Nc2ccc(O)cc2)c(C)n1C. The summed E-state index contributed by atoms with van der Waals surface area (Å²) in [5.74, 6) is -0.362. The Hall–Kier alpha value is -3.00. The van der Waals surface area contributed by atoms with Crippen molar-refractivity contribution in [2.24, 2.45) is 7.05 Å². The third-order valence-corrected chi connectivity index (χ3v) is 3.60. The molecule has 1 heterocycles. The fourth-order valence-corrected chi connectivity index (χ4v) is 2.08. The van der Waals surface area contributed by atoms with E-state index >= 15 is 0 Å². The summed E-state index contributed by atoms with van der Waals surface area (Å²) in [4.78, 5) is 12.2. The highest BCUT2D eigenvalue weighted by Crippen LogP contribution is 2.18. The molecule has 0 bridgehead atoms. The quantitative estimate of drug-likeness (QED) is 0.519. The number of hydrogen-bond donors (Lipinski definition) is 2. The van der Waals surface area contributed by atoms with Gasteiger partial charge < -0.3 is 15.0 Å². The number of aromatic nitrogens is 1. The van der Waals surface area contributed by atoms with Crippen LogP contribution in [0.3, 0.4) is 0 Å². The van der Waals surface area contributed by atoms with Gasteiger partial charge in [0.25, 0.3) is 5.91 Å². The van der Waals surface area contributed by atoms with Gasteiger partial charge in [0, 0.05) is 24.1 Å². The number of benzene rings is 1. The van der Waals surface area contributed by atoms with Gasteiger partial charge in [0.05, 0.1) is 0 Å². The summed E-state index contributed by atoms with van der Waals surface area (Å²) in [7, 11) is 1.94. The summed E-state index contributed by atoms with van der Waals surface area (Å²) < 4.78 is 2.00. The maximum Gasteiger partial charge on any atom is 0.266 e. The molecule has 112 valence electrons. The molecule has 0 aliphatic carbocycles. The Morgan fingerprint density at radius 2 is 1.95 bits per heavy atom. The lowest BCUT2D eigenvalue weighted by Crippen LogP contribution is -2.13. The molecular formula is C17H17N3O2. The van der Waals surface area contributed by atoms with Crippen molar-refractivity contribution in [3.63, 3.8) is 0 Å². The Morgan fingerprint density at radius 3 is 2.45 bits per heavy atom. The summed E-state index contributed by atoms with van der Waals surface area (Å²) >= 11 is 0. The molecule has 0 atom stereocenters. The highest BCUT2D eigenvalue weighted by molar-refractivity contribution is 6.09. The van der Waals surface area contributed by atoms with Gasteiger partial charge in [0.15, 0.2) is 0 Å². The first kappa shape index (κ1) is 15.4. The average molecular weight is 295 g/mol. The first-order valence-corrected chi connectivity index (χ1v) is 6.77. The van der Waals surface area contributed by atoms with Gasteiger partial charge in [0.2, 0.25) is 0 Å². The van der Waals surface area contributed by atoms with Crippen molar-refractivity contribution in [3.8, 4) is 11.8 Å². The second-order valence-corrected chi connectivity index (χ2v) is 5.06. The maximum atomic E-state index is 12.2. The van der Waals surface area contributed by atoms with E-state index < -0.39 is 5.91 Å². The number of hydrogen-bond acceptors (Lipinski definition) is 3. The topological polar surface area (TPSA) is 78.1 Å². The monoisotopic (exact) mass is 295 g/mol. The van der Waals surface area contributed by atoms with E-state index in [1.165, 1.54) is 12.1 Å². The van der Waals surface area contributed by atoms with Gasteiger partial charge in [-0.2, -0.15) is 5.26 Å². The van der Waals surface area contributed by atoms with Gasteiger partial charge >= 0.3 is 0 Å². The molecule has 0 fully saturated rings. The molecule has 0 unspecified atom stereocenters. The predicted octanol–water partition coefficient (Wildman–Crippen LogP) is 2.89. The molecule has 0 saturated carbocycles. The predicted molar refractivity (Wildman–Crippen MR) is 85.2 cm³/mol. The van der Waals surface area contributed by atoms with Gasteiger partial charge in [0.1, 0.15) is 17.4 Å². The van der Waals surface area contributed by atoms with Crippen molar-refractivity contribution in [1.82, 2.24) is 4.57 Å². The number of carbonyl (C=O) groups excluding carboxylic acids is 1. The molecule has 1 aromatic carbocycles. The lowest BCUT2D eigenvalue weighted by molar-refractivity contribution is -0.112. The normalized spacial score (nSPS) is 11.1. The molecule has 2 aromatic rings. The van der Waals surface area contributed by atoms with E-state index in [4.69, 9.17) is 0 Å². The van der Waals surface area contributed by atoms with Crippen LogP contribution in [0.25, 0.3) is 6.08 Å². The van der Waals surface area contributed by atoms with E-state index in [-0.39, 0.29) is 11.3 Å². The van der Waals surface area contributed by atoms with Crippen LogP contribution in [0.4, 0.5) is 5.69 Å². The summed E-state index contributed by atoms with van der Waals surface area (Å²) in [6, 6.07) is 9.94. The highest BCUT2D eigenvalue weighted by atomic mass is 16.3. The first-order valence-electron chi connectivity index (χ1n) is 6.77. The van der Waals surface area contributed by atoms with Gasteiger partial charge in [-0.3, -0.25) is 4.79 Å². The van der Waals surface area contributed by atoms with Crippen LogP contribution in [-0.2, 0) is 11.8 Å². The van der Waals surface area contributed by atoms with E-state index in [0.717, 1.165) is 17.0 Å². The number of amides is 1. The van der Waals surface area contributed by atoms with Gasteiger partial charge in [-0.15, -0.1) is 0 Å². The van der Waals surface area contributed by atoms with Crippen LogP contribution in [-0.4, -0.2) is 15.6 Å². The number of anilines is 1. The van der Waals surface area contributed by atoms with Crippen molar-refractivity contribution < 1.29 is 9.90 Å². The zero-order valence-electron chi connectivity index (χ0n) is 12.7. The summed E-state index contributed by atoms with van der Waals surface area (Å²) in [6.45, 7) is 3.90. The molecule has 0 spiro atoms. The van der Waals surface area contributed by atoms with Gasteiger partial charge in [-0.05, 0) is 55.8 Å². The maximum absolute atomic E-state index is 12.2. The Kier molecular flexibility index (Phi) is 4.33. The molecule has 2 rings (SSSR count). The Labute approximate surface area is 129 Å². The molecule has 0 aliphatic heterocycles. The van der Waals surface area contributed by atoms with E-state index in [9.17, 15) is 15.2 Å². The number of nitrogens with zero attached hydrogens (tertiary/aromatic N) is 2. The number of nitriles is 1. The molecule has 2 N–H and O–H groups in total. The number of phenols is 1. The van der Waals surface area contributed by atoms with E-state index in [1.807, 2.05) is 37.6 Å². The van der Waals surface area contributed by atoms with Crippen molar-refractivity contribution in [2.75, 3.05) is 5.32 Å². The van der Waals surface area contributed by atoms with Crippen molar-refractivity contribution in [3.05, 3.63) is 52.9 Å². The largest absolute Gasteiger partial charge is 0.508 e. The first-order chi connectivity index (χ1) is 10.4. The van der Waals surface area contributed by atoms with Crippen molar-refractivity contribution >= 4 is 17.7 Å². The van der Waals surface area contributed by atoms with Crippen LogP contribution < -0.4 is 5.32 Å². The number of phenolic OH excluding ortho intramolecular Hbond substituents is 1. The van der Waals surface area contributed by atoms with Crippen LogP contribution in [0.5, 0.6) is 5.75 Å². The van der Waals surface area contributed by atoms with Gasteiger partial charge in [-0.25, -0.2) is 0 Å². The van der Waals surface area contributed by atoms with Gasteiger partial charge in [-0.1, -0.05) is 0 Å². The van der Waals surface area contributed by atoms with Crippen LogP contribution in [0, 0.1) is 25.2 Å². The Bertz CT molecular complexity index is 777. The summed E-state index contributed by atoms with van der Waals surface area (Å²) in [5.41, 5.74) is 3.44. The van der Waals surface area contributed by atoms with E-state index in [1.54, 1.807) is 18.2 Å². The number of nitrogens with one attached hydrogen (secondary N) is 1.